The minimum atomic E-state index is -0.206. The van der Waals surface area contributed by atoms with Crippen LogP contribution < -0.4 is 10.5 Å². The van der Waals surface area contributed by atoms with Gasteiger partial charge in [-0.3, -0.25) is 19.6 Å². The van der Waals surface area contributed by atoms with E-state index >= 15 is 0 Å². The molecule has 1 N–H and O–H groups in total. The summed E-state index contributed by atoms with van der Waals surface area (Å²) < 4.78 is 1.35. The minimum absolute atomic E-state index is 0.0120. The van der Waals surface area contributed by atoms with Gasteiger partial charge in [-0.05, 0) is 43.0 Å². The predicted molar refractivity (Wildman–Crippen MR) is 137 cm³/mol. The fourth-order valence-corrected chi connectivity index (χ4v) is 5.03. The molecule has 0 radical (unpaired) electrons. The molecule has 0 atom stereocenters. The third-order valence-electron chi connectivity index (χ3n) is 6.71. The normalized spacial score (nSPS) is 14.3. The number of nitrogens with zero attached hydrogens (tertiary/aromatic N) is 4. The summed E-state index contributed by atoms with van der Waals surface area (Å²) in [5.74, 6) is 0.530. The number of carbonyl (C=O) groups excluding carboxylic acids is 1. The van der Waals surface area contributed by atoms with Crippen molar-refractivity contribution in [3.05, 3.63) is 92.4 Å². The monoisotopic (exact) mass is 489 g/mol. The van der Waals surface area contributed by atoms with Crippen molar-refractivity contribution in [2.75, 3.05) is 4.90 Å². The lowest BCUT2D eigenvalue weighted by atomic mass is 9.88. The molecular formula is C27H28ClN5O2. The number of fused-ring (bicyclic) bond motifs is 1. The zero-order valence-electron chi connectivity index (χ0n) is 19.7. The minimum Gasteiger partial charge on any atom is -0.276 e. The summed E-state index contributed by atoms with van der Waals surface area (Å²) in [6, 6.07) is 17.3. The summed E-state index contributed by atoms with van der Waals surface area (Å²) >= 11 is 6.21. The largest absolute Gasteiger partial charge is 0.277 e. The van der Waals surface area contributed by atoms with Crippen LogP contribution in [0.3, 0.4) is 0 Å². The number of rotatable bonds is 6. The molecule has 8 heteroatoms. The zero-order chi connectivity index (χ0) is 24.4. The summed E-state index contributed by atoms with van der Waals surface area (Å²) in [6.07, 6.45) is 5.46. The number of anilines is 1. The van der Waals surface area contributed by atoms with E-state index in [0.29, 0.717) is 35.2 Å². The Morgan fingerprint density at radius 2 is 1.80 bits per heavy atom. The fourth-order valence-electron chi connectivity index (χ4n) is 4.81. The molecule has 1 saturated carbocycles. The fraction of sp³-hybridized carbons (Fsp3) is 0.333. The number of hydrogen-bond donors (Lipinski definition) is 1. The number of carbonyl (C=O) groups is 1. The SMILES string of the molecule is Cc1nc2nc(N(Cc3cccc(Cl)c3)C(=O)C3CCCCC3)[nH]n2c(=O)c1Cc1ccccc1. The number of aromatic amines is 1. The maximum atomic E-state index is 13.6. The average Bonchev–Trinajstić information content (AvgIpc) is 3.30. The van der Waals surface area contributed by atoms with E-state index < -0.39 is 0 Å². The first-order valence-corrected chi connectivity index (χ1v) is 12.5. The molecule has 35 heavy (non-hydrogen) atoms. The second kappa shape index (κ2) is 10.0. The number of H-pyrrole nitrogens is 1. The van der Waals surface area contributed by atoms with Crippen LogP contribution in [0.2, 0.25) is 5.02 Å². The van der Waals surface area contributed by atoms with Gasteiger partial charge in [-0.25, -0.2) is 4.98 Å². The summed E-state index contributed by atoms with van der Waals surface area (Å²) in [4.78, 5) is 37.9. The molecule has 1 aliphatic rings. The van der Waals surface area contributed by atoms with Gasteiger partial charge in [-0.1, -0.05) is 73.3 Å². The van der Waals surface area contributed by atoms with Gasteiger partial charge in [0.2, 0.25) is 11.9 Å². The molecule has 1 amide bonds. The van der Waals surface area contributed by atoms with Crippen LogP contribution in [0.1, 0.15) is 54.5 Å². The first kappa shape index (κ1) is 23.3. The van der Waals surface area contributed by atoms with E-state index in [4.69, 9.17) is 11.6 Å². The van der Waals surface area contributed by atoms with E-state index in [1.807, 2.05) is 55.5 Å². The van der Waals surface area contributed by atoms with Gasteiger partial charge in [0.25, 0.3) is 11.3 Å². The van der Waals surface area contributed by atoms with Crippen molar-refractivity contribution in [1.29, 1.82) is 0 Å². The lowest BCUT2D eigenvalue weighted by Gasteiger charge is -2.27. The first-order chi connectivity index (χ1) is 17.0. The Hall–Kier alpha value is -3.45. The Bertz CT molecular complexity index is 1410. The Balaban J connectivity index is 1.54. The molecule has 2 aromatic carbocycles. The molecule has 0 saturated heterocycles. The molecule has 7 nitrogen and oxygen atoms in total. The number of nitrogens with one attached hydrogen (secondary N) is 1. The summed E-state index contributed by atoms with van der Waals surface area (Å²) in [7, 11) is 0. The topological polar surface area (TPSA) is 83.4 Å². The van der Waals surface area contributed by atoms with Crippen molar-refractivity contribution < 1.29 is 4.79 Å². The van der Waals surface area contributed by atoms with Crippen LogP contribution in [-0.4, -0.2) is 25.5 Å². The Morgan fingerprint density at radius 3 is 2.54 bits per heavy atom. The van der Waals surface area contributed by atoms with Gasteiger partial charge in [0.15, 0.2) is 0 Å². The van der Waals surface area contributed by atoms with Crippen molar-refractivity contribution in [1.82, 2.24) is 19.6 Å². The number of aryl methyl sites for hydroxylation is 1. The van der Waals surface area contributed by atoms with E-state index in [-0.39, 0.29) is 23.2 Å². The molecular weight excluding hydrogens is 462 g/mol. The second-order valence-corrected chi connectivity index (χ2v) is 9.65. The van der Waals surface area contributed by atoms with Crippen molar-refractivity contribution in [2.24, 2.45) is 5.92 Å². The van der Waals surface area contributed by atoms with Crippen molar-refractivity contribution >= 4 is 29.2 Å². The molecule has 0 spiro atoms. The number of aromatic nitrogens is 4. The molecule has 4 aromatic rings. The molecule has 0 bridgehead atoms. The van der Waals surface area contributed by atoms with Gasteiger partial charge in [0.1, 0.15) is 0 Å². The number of hydrogen-bond acceptors (Lipinski definition) is 4. The number of amides is 1. The van der Waals surface area contributed by atoms with E-state index in [0.717, 1.165) is 43.2 Å². The lowest BCUT2D eigenvalue weighted by Crippen LogP contribution is -2.37. The molecule has 1 aliphatic carbocycles. The third kappa shape index (κ3) is 5.00. The number of halogens is 1. The first-order valence-electron chi connectivity index (χ1n) is 12.1. The van der Waals surface area contributed by atoms with Gasteiger partial charge in [-0.2, -0.15) is 9.50 Å². The van der Waals surface area contributed by atoms with Crippen LogP contribution in [0.15, 0.2) is 59.4 Å². The van der Waals surface area contributed by atoms with E-state index in [9.17, 15) is 9.59 Å². The predicted octanol–water partition coefficient (Wildman–Crippen LogP) is 5.08. The number of benzene rings is 2. The Morgan fingerprint density at radius 1 is 1.06 bits per heavy atom. The molecule has 0 aliphatic heterocycles. The average molecular weight is 490 g/mol. The zero-order valence-corrected chi connectivity index (χ0v) is 20.5. The van der Waals surface area contributed by atoms with Crippen LogP contribution in [0.25, 0.3) is 5.78 Å². The van der Waals surface area contributed by atoms with Crippen molar-refractivity contribution in [3.8, 4) is 0 Å². The molecule has 180 valence electrons. The Labute approximate surface area is 208 Å². The van der Waals surface area contributed by atoms with Gasteiger partial charge in [0, 0.05) is 22.9 Å². The van der Waals surface area contributed by atoms with Crippen LogP contribution in [0.5, 0.6) is 0 Å². The highest BCUT2D eigenvalue weighted by atomic mass is 35.5. The van der Waals surface area contributed by atoms with E-state index in [2.05, 4.69) is 15.1 Å². The molecule has 2 heterocycles. The Kier molecular flexibility index (Phi) is 6.68. The van der Waals surface area contributed by atoms with Gasteiger partial charge in [0.05, 0.1) is 12.2 Å². The highest BCUT2D eigenvalue weighted by Crippen LogP contribution is 2.28. The van der Waals surface area contributed by atoms with Gasteiger partial charge >= 0.3 is 0 Å². The van der Waals surface area contributed by atoms with Crippen molar-refractivity contribution in [3.63, 3.8) is 0 Å². The molecule has 5 rings (SSSR count). The standard InChI is InChI=1S/C27H28ClN5O2/c1-18-23(16-19-9-4-2-5-10-19)25(35)33-26(29-18)30-27(31-33)32(17-20-11-8-14-22(28)15-20)24(34)21-12-6-3-7-13-21/h2,4-5,8-11,14-15,21H,3,6-7,12-13,16-17H2,1H3,(H,29,30,31). The van der Waals surface area contributed by atoms with E-state index in [1.165, 1.54) is 4.52 Å². The second-order valence-electron chi connectivity index (χ2n) is 9.22. The highest BCUT2D eigenvalue weighted by Gasteiger charge is 2.29. The summed E-state index contributed by atoms with van der Waals surface area (Å²) in [5.41, 5.74) is 2.95. The van der Waals surface area contributed by atoms with Crippen LogP contribution in [0.4, 0.5) is 5.95 Å². The third-order valence-corrected chi connectivity index (χ3v) is 6.95. The van der Waals surface area contributed by atoms with Gasteiger partial charge < -0.3 is 0 Å². The molecule has 0 unspecified atom stereocenters. The molecule has 1 fully saturated rings. The maximum Gasteiger partial charge on any atom is 0.277 e. The van der Waals surface area contributed by atoms with Crippen LogP contribution in [0, 0.1) is 12.8 Å². The van der Waals surface area contributed by atoms with E-state index in [1.54, 1.807) is 11.0 Å². The van der Waals surface area contributed by atoms with Crippen LogP contribution >= 0.6 is 11.6 Å². The highest BCUT2D eigenvalue weighted by molar-refractivity contribution is 6.30. The van der Waals surface area contributed by atoms with Crippen LogP contribution in [-0.2, 0) is 17.8 Å². The quantitative estimate of drug-likeness (QED) is 0.409. The maximum absolute atomic E-state index is 13.6. The van der Waals surface area contributed by atoms with Gasteiger partial charge in [-0.15, -0.1) is 0 Å². The summed E-state index contributed by atoms with van der Waals surface area (Å²) in [5, 5.41) is 3.68. The lowest BCUT2D eigenvalue weighted by molar-refractivity contribution is -0.123. The smallest absolute Gasteiger partial charge is 0.276 e. The summed E-state index contributed by atoms with van der Waals surface area (Å²) in [6.45, 7) is 2.13. The van der Waals surface area contributed by atoms with Crippen molar-refractivity contribution in [2.45, 2.75) is 52.0 Å². The molecule has 2 aromatic heterocycles.